The molecule has 8 nitrogen and oxygen atoms in total. The summed E-state index contributed by atoms with van der Waals surface area (Å²) < 4.78 is 5.20. The average molecular weight is 276 g/mol. The molecule has 1 aliphatic rings. The minimum Gasteiger partial charge on any atom is -0.458 e. The van der Waals surface area contributed by atoms with Crippen LogP contribution in [0.4, 0.5) is 5.69 Å². The van der Waals surface area contributed by atoms with Crippen molar-refractivity contribution < 1.29 is 9.84 Å². The third-order valence-electron chi connectivity index (χ3n) is 2.53. The van der Waals surface area contributed by atoms with Crippen LogP contribution in [0.5, 0.6) is 5.75 Å². The molecule has 0 saturated carbocycles. The van der Waals surface area contributed by atoms with Crippen molar-refractivity contribution in [3.8, 4) is 5.75 Å². The number of aliphatic hydroxyl groups is 1. The number of rotatable bonds is 4. The molecule has 2 rings (SSSR count). The summed E-state index contributed by atoms with van der Waals surface area (Å²) >= 11 is 0. The Labute approximate surface area is 115 Å². The van der Waals surface area contributed by atoms with E-state index < -0.39 is 12.5 Å². The summed E-state index contributed by atoms with van der Waals surface area (Å²) in [5, 5.41) is 16.5. The van der Waals surface area contributed by atoms with Crippen LogP contribution in [0, 0.1) is 0 Å². The molecule has 1 heterocycles. The van der Waals surface area contributed by atoms with Crippen molar-refractivity contribution in [1.29, 1.82) is 0 Å². The molecular formula is C12H16N6O2. The molecule has 0 aromatic heterocycles. The number of amidine groups is 1. The monoisotopic (exact) mass is 276 g/mol. The molecule has 0 unspecified atom stereocenters. The lowest BCUT2D eigenvalue weighted by atomic mass is 10.2. The van der Waals surface area contributed by atoms with Crippen molar-refractivity contribution in [2.24, 2.45) is 32.4 Å². The zero-order chi connectivity index (χ0) is 14.8. The fourth-order valence-corrected chi connectivity index (χ4v) is 1.52. The van der Waals surface area contributed by atoms with Gasteiger partial charge >= 0.3 is 0 Å². The molecule has 0 radical (unpaired) electrons. The highest BCUT2D eigenvalue weighted by atomic mass is 16.5. The van der Waals surface area contributed by atoms with Gasteiger partial charge in [-0.1, -0.05) is 0 Å². The maximum absolute atomic E-state index is 8.92. The Morgan fingerprint density at radius 1 is 1.25 bits per heavy atom. The second-order valence-electron chi connectivity index (χ2n) is 4.34. The number of benzene rings is 1. The van der Waals surface area contributed by atoms with E-state index in [1.165, 1.54) is 0 Å². The number of hydrogen-bond acceptors (Lipinski definition) is 8. The Kier molecular flexibility index (Phi) is 3.79. The highest BCUT2D eigenvalue weighted by molar-refractivity contribution is 6.69. The van der Waals surface area contributed by atoms with Crippen LogP contribution in [0.2, 0.25) is 0 Å². The zero-order valence-corrected chi connectivity index (χ0v) is 10.9. The van der Waals surface area contributed by atoms with Crippen LogP contribution in [0.25, 0.3) is 0 Å². The normalized spacial score (nSPS) is 17.1. The summed E-state index contributed by atoms with van der Waals surface area (Å²) in [5.41, 5.74) is 18.5. The molecular weight excluding hydrogens is 260 g/mol. The summed E-state index contributed by atoms with van der Waals surface area (Å²) in [6.45, 7) is 1.28. The summed E-state index contributed by atoms with van der Waals surface area (Å²) in [6, 6.07) is 6.68. The van der Waals surface area contributed by atoms with Gasteiger partial charge in [-0.2, -0.15) is 5.10 Å². The molecule has 1 aliphatic heterocycles. The first kappa shape index (κ1) is 14.1. The number of nitrogens with zero attached hydrogens (tertiary/aromatic N) is 3. The molecule has 20 heavy (non-hydrogen) atoms. The first-order valence-corrected chi connectivity index (χ1v) is 5.86. The zero-order valence-electron chi connectivity index (χ0n) is 10.9. The van der Waals surface area contributed by atoms with E-state index in [9.17, 15) is 0 Å². The van der Waals surface area contributed by atoms with E-state index >= 15 is 0 Å². The smallest absolute Gasteiger partial charge is 0.236 e. The summed E-state index contributed by atoms with van der Waals surface area (Å²) in [5.74, 6) is -0.906. The minimum atomic E-state index is -1.61. The number of hydrogen-bond donors (Lipinski definition) is 4. The highest BCUT2D eigenvalue weighted by Gasteiger charge is 2.19. The fraction of sp³-hybridized carbons (Fsp3) is 0.250. The largest absolute Gasteiger partial charge is 0.458 e. The van der Waals surface area contributed by atoms with Crippen LogP contribution in [-0.2, 0) is 0 Å². The van der Waals surface area contributed by atoms with Crippen LogP contribution in [0.1, 0.15) is 6.92 Å². The molecule has 0 bridgehead atoms. The average Bonchev–Trinajstić information content (AvgIpc) is 2.72. The molecule has 0 saturated heterocycles. The molecule has 0 aliphatic carbocycles. The predicted molar refractivity (Wildman–Crippen MR) is 77.1 cm³/mol. The van der Waals surface area contributed by atoms with Gasteiger partial charge in [0, 0.05) is 0 Å². The molecule has 7 N–H and O–H groups in total. The lowest BCUT2D eigenvalue weighted by Crippen LogP contribution is -2.57. The number of nitrogens with two attached hydrogens (primary N) is 3. The summed E-state index contributed by atoms with van der Waals surface area (Å²) in [4.78, 5) is 4.34. The molecule has 106 valence electrons. The van der Waals surface area contributed by atoms with Gasteiger partial charge in [0.1, 0.15) is 18.1 Å². The maximum Gasteiger partial charge on any atom is 0.236 e. The van der Waals surface area contributed by atoms with Crippen molar-refractivity contribution in [2.45, 2.75) is 12.8 Å². The second kappa shape index (κ2) is 5.37. The van der Waals surface area contributed by atoms with E-state index in [0.717, 1.165) is 0 Å². The maximum atomic E-state index is 8.92. The van der Waals surface area contributed by atoms with Crippen molar-refractivity contribution >= 4 is 22.9 Å². The Bertz CT molecular complexity index is 568. The van der Waals surface area contributed by atoms with Crippen molar-refractivity contribution in [2.75, 3.05) is 6.61 Å². The van der Waals surface area contributed by atoms with Gasteiger partial charge in [-0.25, -0.2) is 4.99 Å². The first-order chi connectivity index (χ1) is 9.41. The van der Waals surface area contributed by atoms with Crippen LogP contribution in [0.3, 0.4) is 0 Å². The molecule has 0 atom stereocenters. The Hall–Kier alpha value is -2.29. The van der Waals surface area contributed by atoms with E-state index in [4.69, 9.17) is 27.0 Å². The van der Waals surface area contributed by atoms with E-state index in [1.54, 1.807) is 31.2 Å². The highest BCUT2D eigenvalue weighted by Crippen LogP contribution is 2.20. The van der Waals surface area contributed by atoms with Crippen molar-refractivity contribution in [3.05, 3.63) is 24.3 Å². The lowest BCUT2D eigenvalue weighted by molar-refractivity contribution is 0.0198. The molecule has 0 amide bonds. The third-order valence-corrected chi connectivity index (χ3v) is 2.53. The van der Waals surface area contributed by atoms with Gasteiger partial charge in [-0.15, -0.1) is 5.10 Å². The molecule has 0 fully saturated rings. The Morgan fingerprint density at radius 3 is 2.40 bits per heavy atom. The topological polar surface area (TPSA) is 145 Å². The van der Waals surface area contributed by atoms with Gasteiger partial charge in [0.25, 0.3) is 0 Å². The Morgan fingerprint density at radius 2 is 1.90 bits per heavy atom. The first-order valence-electron chi connectivity index (χ1n) is 5.86. The number of ether oxygens (including phenoxy) is 1. The van der Waals surface area contributed by atoms with Crippen molar-refractivity contribution in [3.63, 3.8) is 0 Å². The molecule has 0 spiro atoms. The van der Waals surface area contributed by atoms with E-state index in [1.807, 2.05) is 0 Å². The fourth-order valence-electron chi connectivity index (χ4n) is 1.52. The molecule has 1 aromatic rings. The van der Waals surface area contributed by atoms with E-state index in [2.05, 4.69) is 15.2 Å². The quantitative estimate of drug-likeness (QED) is 0.545. The minimum absolute atomic E-state index is 0.283. The summed E-state index contributed by atoms with van der Waals surface area (Å²) in [7, 11) is 0. The van der Waals surface area contributed by atoms with Crippen LogP contribution < -0.4 is 21.9 Å². The van der Waals surface area contributed by atoms with Crippen LogP contribution in [0.15, 0.2) is 39.5 Å². The van der Waals surface area contributed by atoms with Gasteiger partial charge < -0.3 is 15.6 Å². The number of aliphatic imine (C=N–C) groups is 1. The second-order valence-corrected chi connectivity index (χ2v) is 4.34. The van der Waals surface area contributed by atoms with Crippen molar-refractivity contribution in [1.82, 2.24) is 0 Å². The van der Waals surface area contributed by atoms with Gasteiger partial charge in [-0.05, 0) is 31.2 Å². The lowest BCUT2D eigenvalue weighted by Gasteiger charge is -2.23. The van der Waals surface area contributed by atoms with Gasteiger partial charge in [-0.3, -0.25) is 11.5 Å². The SMILES string of the molecule is CC1=NN=C(N)C1=Nc1ccc(OC(N)(N)CO)cc1. The molecule has 1 aromatic carbocycles. The van der Waals surface area contributed by atoms with Crippen LogP contribution >= 0.6 is 0 Å². The van der Waals surface area contributed by atoms with Crippen LogP contribution in [-0.4, -0.2) is 34.8 Å². The van der Waals surface area contributed by atoms with Gasteiger partial charge in [0.2, 0.25) is 5.85 Å². The van der Waals surface area contributed by atoms with E-state index in [0.29, 0.717) is 22.9 Å². The predicted octanol–water partition coefficient (Wildman–Crippen LogP) is -0.552. The molecule has 8 heteroatoms. The Balaban J connectivity index is 2.16. The summed E-state index contributed by atoms with van der Waals surface area (Å²) in [6.07, 6.45) is 0. The standard InChI is InChI=1S/C12H16N6O2/c1-7-10(11(13)18-17-7)16-8-2-4-9(5-3-8)20-12(14,15)6-19/h2-5,19H,6,14-15H2,1H3,(H2,13,16,18). The number of aliphatic hydroxyl groups excluding tert-OH is 1. The third kappa shape index (κ3) is 3.18. The van der Waals surface area contributed by atoms with E-state index in [-0.39, 0.29) is 5.84 Å². The van der Waals surface area contributed by atoms with Gasteiger partial charge in [0.05, 0.1) is 11.4 Å². The van der Waals surface area contributed by atoms with Gasteiger partial charge in [0.15, 0.2) is 5.84 Å².